The maximum absolute atomic E-state index is 13.6. The molecule has 0 radical (unpaired) electrons. The molecule has 0 atom stereocenters. The zero-order chi connectivity index (χ0) is 12.8. The Kier molecular flexibility index (Phi) is 4.90. The van der Waals surface area contributed by atoms with Crippen LogP contribution < -0.4 is 4.74 Å². The topological polar surface area (TPSA) is 38.8 Å². The van der Waals surface area contributed by atoms with Crippen molar-refractivity contribution >= 4 is 5.97 Å². The van der Waals surface area contributed by atoms with Gasteiger partial charge in [-0.2, -0.15) is 0 Å². The van der Waals surface area contributed by atoms with Crippen molar-refractivity contribution in [3.63, 3.8) is 0 Å². The van der Waals surface area contributed by atoms with Gasteiger partial charge in [-0.25, -0.2) is 4.39 Å². The summed E-state index contributed by atoms with van der Waals surface area (Å²) in [5.41, 5.74) is 0.511. The van der Waals surface area contributed by atoms with Crippen molar-refractivity contribution in [1.82, 2.24) is 4.90 Å². The molecule has 17 heavy (non-hydrogen) atoms. The van der Waals surface area contributed by atoms with Gasteiger partial charge in [-0.15, -0.1) is 0 Å². The second-order valence-corrected chi connectivity index (χ2v) is 3.71. The summed E-state index contributed by atoms with van der Waals surface area (Å²) in [6.07, 6.45) is 0. The van der Waals surface area contributed by atoms with E-state index in [1.807, 2.05) is 0 Å². The number of ether oxygens (including phenoxy) is 2. The van der Waals surface area contributed by atoms with Crippen LogP contribution in [-0.4, -0.2) is 38.7 Å². The Balaban J connectivity index is 2.65. The fourth-order valence-corrected chi connectivity index (χ4v) is 1.41. The largest absolute Gasteiger partial charge is 0.497 e. The molecule has 0 aliphatic heterocycles. The molecule has 0 aliphatic rings. The van der Waals surface area contributed by atoms with Gasteiger partial charge in [0, 0.05) is 18.2 Å². The van der Waals surface area contributed by atoms with Crippen molar-refractivity contribution in [2.24, 2.45) is 0 Å². The molecular formula is C12H16FNO3. The van der Waals surface area contributed by atoms with Crippen molar-refractivity contribution in [1.29, 1.82) is 0 Å². The van der Waals surface area contributed by atoms with Crippen LogP contribution in [0, 0.1) is 5.82 Å². The summed E-state index contributed by atoms with van der Waals surface area (Å²) < 4.78 is 23.0. The van der Waals surface area contributed by atoms with E-state index < -0.39 is 0 Å². The predicted octanol–water partition coefficient (Wildman–Crippen LogP) is 1.44. The minimum Gasteiger partial charge on any atom is -0.497 e. The lowest BCUT2D eigenvalue weighted by Crippen LogP contribution is -2.26. The van der Waals surface area contributed by atoms with E-state index >= 15 is 0 Å². The highest BCUT2D eigenvalue weighted by molar-refractivity contribution is 5.71. The molecule has 1 aromatic rings. The van der Waals surface area contributed by atoms with Gasteiger partial charge < -0.3 is 9.47 Å². The summed E-state index contributed by atoms with van der Waals surface area (Å²) >= 11 is 0. The quantitative estimate of drug-likeness (QED) is 0.731. The third-order valence-electron chi connectivity index (χ3n) is 2.33. The van der Waals surface area contributed by atoms with E-state index in [4.69, 9.17) is 4.74 Å². The number of hydrogen-bond donors (Lipinski definition) is 0. The third-order valence-corrected chi connectivity index (χ3v) is 2.33. The first-order chi connectivity index (χ1) is 8.06. The molecule has 5 heteroatoms. The minimum atomic E-state index is -0.346. The Hall–Kier alpha value is -1.62. The summed E-state index contributed by atoms with van der Waals surface area (Å²) in [6, 6.07) is 4.65. The highest BCUT2D eigenvalue weighted by atomic mass is 19.1. The predicted molar refractivity (Wildman–Crippen MR) is 61.3 cm³/mol. The molecule has 0 saturated heterocycles. The van der Waals surface area contributed by atoms with Gasteiger partial charge in [0.2, 0.25) is 0 Å². The summed E-state index contributed by atoms with van der Waals surface area (Å²) in [6.45, 7) is 0.465. The van der Waals surface area contributed by atoms with Crippen LogP contribution in [0.25, 0.3) is 0 Å². The van der Waals surface area contributed by atoms with Crippen LogP contribution in [0.15, 0.2) is 18.2 Å². The van der Waals surface area contributed by atoms with E-state index in [0.717, 1.165) is 0 Å². The average molecular weight is 241 g/mol. The van der Waals surface area contributed by atoms with Crippen LogP contribution in [0.2, 0.25) is 0 Å². The molecule has 1 rings (SSSR count). The van der Waals surface area contributed by atoms with Crippen LogP contribution in [0.3, 0.4) is 0 Å². The van der Waals surface area contributed by atoms with E-state index in [2.05, 4.69) is 4.74 Å². The number of carbonyl (C=O) groups excluding carboxylic acids is 1. The Morgan fingerprint density at radius 3 is 2.65 bits per heavy atom. The van der Waals surface area contributed by atoms with Gasteiger partial charge in [0.25, 0.3) is 0 Å². The van der Waals surface area contributed by atoms with Crippen LogP contribution in [-0.2, 0) is 16.1 Å². The minimum absolute atomic E-state index is 0.127. The molecule has 0 aromatic heterocycles. The molecular weight excluding hydrogens is 225 g/mol. The number of likely N-dealkylation sites (N-methyl/N-ethyl adjacent to an activating group) is 1. The van der Waals surface area contributed by atoms with Gasteiger partial charge in [-0.05, 0) is 13.1 Å². The maximum Gasteiger partial charge on any atom is 0.319 e. The number of methoxy groups -OCH3 is 2. The lowest BCUT2D eigenvalue weighted by molar-refractivity contribution is -0.141. The zero-order valence-corrected chi connectivity index (χ0v) is 10.2. The SMILES string of the molecule is COC(=O)CN(C)Cc1ccc(OC)cc1F. The van der Waals surface area contributed by atoms with E-state index in [9.17, 15) is 9.18 Å². The molecule has 94 valence electrons. The van der Waals surface area contributed by atoms with E-state index in [-0.39, 0.29) is 18.3 Å². The van der Waals surface area contributed by atoms with E-state index in [0.29, 0.717) is 17.9 Å². The first-order valence-corrected chi connectivity index (χ1v) is 5.14. The van der Waals surface area contributed by atoms with Crippen molar-refractivity contribution in [3.05, 3.63) is 29.6 Å². The highest BCUT2D eigenvalue weighted by Gasteiger charge is 2.10. The Bertz CT molecular complexity index is 395. The van der Waals surface area contributed by atoms with Crippen LogP contribution in [0.5, 0.6) is 5.75 Å². The fraction of sp³-hybridized carbons (Fsp3) is 0.417. The fourth-order valence-electron chi connectivity index (χ4n) is 1.41. The number of hydrogen-bond acceptors (Lipinski definition) is 4. The smallest absolute Gasteiger partial charge is 0.319 e. The van der Waals surface area contributed by atoms with Crippen molar-refractivity contribution in [2.45, 2.75) is 6.54 Å². The lowest BCUT2D eigenvalue weighted by atomic mass is 10.2. The molecule has 4 nitrogen and oxygen atoms in total. The first kappa shape index (κ1) is 13.4. The summed E-state index contributed by atoms with van der Waals surface area (Å²) in [7, 11) is 4.53. The van der Waals surface area contributed by atoms with Crippen LogP contribution in [0.1, 0.15) is 5.56 Å². The molecule has 0 N–H and O–H groups in total. The number of rotatable bonds is 5. The van der Waals surface area contributed by atoms with Gasteiger partial charge in [-0.1, -0.05) is 6.07 Å². The maximum atomic E-state index is 13.6. The summed E-state index contributed by atoms with van der Waals surface area (Å²) in [5.74, 6) is -0.218. The highest BCUT2D eigenvalue weighted by Crippen LogP contribution is 2.17. The molecule has 0 aliphatic carbocycles. The molecule has 0 amide bonds. The molecule has 0 spiro atoms. The van der Waals surface area contributed by atoms with Crippen molar-refractivity contribution < 1.29 is 18.7 Å². The molecule has 0 bridgehead atoms. The first-order valence-electron chi connectivity index (χ1n) is 5.14. The normalized spacial score (nSPS) is 10.4. The van der Waals surface area contributed by atoms with Gasteiger partial charge >= 0.3 is 5.97 Å². The molecule has 0 saturated carbocycles. The van der Waals surface area contributed by atoms with Gasteiger partial charge in [0.15, 0.2) is 0 Å². The number of benzene rings is 1. The van der Waals surface area contributed by atoms with Crippen molar-refractivity contribution in [3.8, 4) is 5.75 Å². The van der Waals surface area contributed by atoms with Gasteiger partial charge in [0.05, 0.1) is 20.8 Å². The molecule has 0 fully saturated rings. The Labute approximate surface area is 99.9 Å². The van der Waals surface area contributed by atoms with Gasteiger partial charge in [0.1, 0.15) is 11.6 Å². The van der Waals surface area contributed by atoms with Crippen LogP contribution in [0.4, 0.5) is 4.39 Å². The number of halogens is 1. The zero-order valence-electron chi connectivity index (χ0n) is 10.2. The monoisotopic (exact) mass is 241 g/mol. The Morgan fingerprint density at radius 1 is 1.41 bits per heavy atom. The number of esters is 1. The molecule has 1 aromatic carbocycles. The van der Waals surface area contributed by atoms with E-state index in [1.54, 1.807) is 24.1 Å². The number of carbonyl (C=O) groups is 1. The lowest BCUT2D eigenvalue weighted by Gasteiger charge is -2.15. The summed E-state index contributed by atoms with van der Waals surface area (Å²) in [4.78, 5) is 12.7. The average Bonchev–Trinajstić information content (AvgIpc) is 2.31. The Morgan fingerprint density at radius 2 is 2.12 bits per heavy atom. The van der Waals surface area contributed by atoms with Gasteiger partial charge in [-0.3, -0.25) is 9.69 Å². The number of nitrogens with zero attached hydrogens (tertiary/aromatic N) is 1. The third kappa shape index (κ3) is 4.03. The standard InChI is InChI=1S/C12H16FNO3/c1-14(8-12(15)17-3)7-9-4-5-10(16-2)6-11(9)13/h4-6H,7-8H2,1-3H3. The summed E-state index contributed by atoms with van der Waals surface area (Å²) in [5, 5.41) is 0. The van der Waals surface area contributed by atoms with E-state index in [1.165, 1.54) is 20.3 Å². The molecule has 0 heterocycles. The second-order valence-electron chi connectivity index (χ2n) is 3.71. The molecule has 0 unspecified atom stereocenters. The van der Waals surface area contributed by atoms with Crippen molar-refractivity contribution in [2.75, 3.05) is 27.8 Å². The van der Waals surface area contributed by atoms with Crippen LogP contribution >= 0.6 is 0 Å². The second kappa shape index (κ2) is 6.20.